The molecule has 0 N–H and O–H groups in total. The van der Waals surface area contributed by atoms with Gasteiger partial charge in [-0.3, -0.25) is 0 Å². The molecule has 0 aliphatic rings. The molecule has 0 saturated heterocycles. The van der Waals surface area contributed by atoms with Crippen LogP contribution in [0.15, 0.2) is 36.4 Å². The fraction of sp³-hybridized carbons (Fsp3) is 0.250. The van der Waals surface area contributed by atoms with E-state index in [2.05, 4.69) is 15.9 Å². The molecule has 1 nitrogen and oxygen atoms in total. The minimum atomic E-state index is 0.0688. The summed E-state index contributed by atoms with van der Waals surface area (Å²) in [7, 11) is 0. The molecule has 0 aromatic heterocycles. The molecule has 0 radical (unpaired) electrons. The number of rotatable bonds is 5. The van der Waals surface area contributed by atoms with Gasteiger partial charge >= 0.3 is 0 Å². The predicted molar refractivity (Wildman–Crippen MR) is 94.5 cm³/mol. The Kier molecular flexibility index (Phi) is 6.24. The summed E-state index contributed by atoms with van der Waals surface area (Å²) in [6.07, 6.45) is 0.793. The number of hydrogen-bond acceptors (Lipinski definition) is 1. The Morgan fingerprint density at radius 3 is 2.33 bits per heavy atom. The zero-order valence-electron chi connectivity index (χ0n) is 11.4. The van der Waals surface area contributed by atoms with E-state index in [1.54, 1.807) is 6.07 Å². The van der Waals surface area contributed by atoms with Crippen molar-refractivity contribution in [1.29, 1.82) is 0 Å². The molecule has 2 aromatic rings. The lowest BCUT2D eigenvalue weighted by molar-refractivity contribution is 0.340. The Morgan fingerprint density at radius 2 is 1.71 bits per heavy atom. The largest absolute Gasteiger partial charge is 0.492 e. The van der Waals surface area contributed by atoms with Gasteiger partial charge in [0.2, 0.25) is 0 Å². The van der Waals surface area contributed by atoms with Crippen molar-refractivity contribution in [3.8, 4) is 5.75 Å². The van der Waals surface area contributed by atoms with Gasteiger partial charge in [-0.05, 0) is 42.7 Å². The molecule has 0 fully saturated rings. The summed E-state index contributed by atoms with van der Waals surface area (Å²) in [5.41, 5.74) is 2.11. The smallest absolute Gasteiger partial charge is 0.139 e. The Labute approximate surface area is 148 Å². The van der Waals surface area contributed by atoms with Crippen LogP contribution in [0.25, 0.3) is 0 Å². The van der Waals surface area contributed by atoms with Crippen molar-refractivity contribution < 1.29 is 4.74 Å². The van der Waals surface area contributed by atoms with Crippen molar-refractivity contribution in [2.45, 2.75) is 18.2 Å². The van der Waals surface area contributed by atoms with Crippen molar-refractivity contribution in [2.75, 3.05) is 6.61 Å². The maximum absolute atomic E-state index is 6.33. The molecular weight excluding hydrogens is 394 g/mol. The molecule has 0 spiro atoms. The molecular formula is C16H14BrCl3O. The maximum atomic E-state index is 6.33. The molecule has 0 heterocycles. The second-order valence-corrected chi connectivity index (χ2v) is 6.89. The Bertz CT molecular complexity index is 614. The van der Waals surface area contributed by atoms with Crippen molar-refractivity contribution >= 4 is 50.7 Å². The summed E-state index contributed by atoms with van der Waals surface area (Å²) in [5.74, 6) is 0.610. The topological polar surface area (TPSA) is 9.23 Å². The van der Waals surface area contributed by atoms with Gasteiger partial charge in [-0.15, -0.1) is 0 Å². The van der Waals surface area contributed by atoms with Crippen LogP contribution in [0.3, 0.4) is 0 Å². The van der Waals surface area contributed by atoms with E-state index in [0.717, 1.165) is 17.0 Å². The lowest BCUT2D eigenvalue weighted by atomic mass is 10.0. The first-order chi connectivity index (χ1) is 10.0. The second-order valence-electron chi connectivity index (χ2n) is 4.54. The van der Waals surface area contributed by atoms with Crippen LogP contribution in [0, 0.1) is 0 Å². The van der Waals surface area contributed by atoms with E-state index in [-0.39, 0.29) is 4.83 Å². The Morgan fingerprint density at radius 1 is 1.05 bits per heavy atom. The highest BCUT2D eigenvalue weighted by atomic mass is 79.9. The fourth-order valence-electron chi connectivity index (χ4n) is 1.99. The van der Waals surface area contributed by atoms with Crippen LogP contribution < -0.4 is 4.74 Å². The van der Waals surface area contributed by atoms with E-state index in [1.807, 2.05) is 37.3 Å². The SMILES string of the molecule is CCOc1cc(Cl)c(C(Br)Cc2ccc(Cl)cc2)cc1Cl. The van der Waals surface area contributed by atoms with E-state index in [1.165, 1.54) is 5.56 Å². The van der Waals surface area contributed by atoms with Gasteiger partial charge in [0.15, 0.2) is 0 Å². The zero-order valence-corrected chi connectivity index (χ0v) is 15.2. The fourth-order valence-corrected chi connectivity index (χ4v) is 3.51. The first-order valence-corrected chi connectivity index (χ1v) is 8.56. The van der Waals surface area contributed by atoms with E-state index < -0.39 is 0 Å². The van der Waals surface area contributed by atoms with Gasteiger partial charge < -0.3 is 4.74 Å². The summed E-state index contributed by atoms with van der Waals surface area (Å²) in [6, 6.07) is 11.4. The number of ether oxygens (including phenoxy) is 1. The first-order valence-electron chi connectivity index (χ1n) is 6.51. The molecule has 2 rings (SSSR count). The van der Waals surface area contributed by atoms with Gasteiger partial charge in [-0.25, -0.2) is 0 Å². The van der Waals surface area contributed by atoms with Crippen molar-refractivity contribution in [3.63, 3.8) is 0 Å². The highest BCUT2D eigenvalue weighted by Crippen LogP contribution is 2.38. The summed E-state index contributed by atoms with van der Waals surface area (Å²) in [5, 5.41) is 1.93. The number of benzene rings is 2. The highest BCUT2D eigenvalue weighted by molar-refractivity contribution is 9.09. The highest BCUT2D eigenvalue weighted by Gasteiger charge is 2.16. The Hall–Kier alpha value is -0.410. The first kappa shape index (κ1) is 17.0. The van der Waals surface area contributed by atoms with Crippen LogP contribution in [0.4, 0.5) is 0 Å². The van der Waals surface area contributed by atoms with Crippen molar-refractivity contribution in [2.24, 2.45) is 0 Å². The Balaban J connectivity index is 2.20. The average Bonchev–Trinajstić information content (AvgIpc) is 2.45. The van der Waals surface area contributed by atoms with Gasteiger partial charge in [0.05, 0.1) is 11.6 Å². The molecule has 112 valence electrons. The third-order valence-corrected chi connectivity index (χ3v) is 4.71. The number of alkyl halides is 1. The van der Waals surface area contributed by atoms with Crippen molar-refractivity contribution in [1.82, 2.24) is 0 Å². The molecule has 0 saturated carbocycles. The van der Waals surface area contributed by atoms with Gasteiger partial charge in [0, 0.05) is 20.9 Å². The molecule has 0 aliphatic heterocycles. The third-order valence-electron chi connectivity index (χ3n) is 3.02. The van der Waals surface area contributed by atoms with Crippen LogP contribution in [0.1, 0.15) is 22.9 Å². The van der Waals surface area contributed by atoms with Gasteiger partial charge in [0.25, 0.3) is 0 Å². The minimum absolute atomic E-state index is 0.0688. The van der Waals surface area contributed by atoms with Crippen LogP contribution in [0.5, 0.6) is 5.75 Å². The second kappa shape index (κ2) is 7.73. The average molecular weight is 409 g/mol. The quantitative estimate of drug-likeness (QED) is 0.499. The number of halogens is 4. The lowest BCUT2D eigenvalue weighted by Crippen LogP contribution is -1.99. The van der Waals surface area contributed by atoms with Crippen LogP contribution >= 0.6 is 50.7 Å². The summed E-state index contributed by atoms with van der Waals surface area (Å²) >= 11 is 22.1. The molecule has 1 unspecified atom stereocenters. The predicted octanol–water partition coefficient (Wildman–Crippen LogP) is 6.72. The maximum Gasteiger partial charge on any atom is 0.139 e. The van der Waals surface area contributed by atoms with Crippen LogP contribution in [-0.2, 0) is 6.42 Å². The molecule has 21 heavy (non-hydrogen) atoms. The van der Waals surface area contributed by atoms with E-state index in [4.69, 9.17) is 39.5 Å². The van der Waals surface area contributed by atoms with Crippen molar-refractivity contribution in [3.05, 3.63) is 62.6 Å². The number of hydrogen-bond donors (Lipinski definition) is 0. The monoisotopic (exact) mass is 406 g/mol. The molecule has 2 aromatic carbocycles. The van der Waals surface area contributed by atoms with E-state index in [9.17, 15) is 0 Å². The molecule has 5 heteroatoms. The molecule has 0 bridgehead atoms. The van der Waals surface area contributed by atoms with E-state index in [0.29, 0.717) is 22.4 Å². The molecule has 0 amide bonds. The standard InChI is InChI=1S/C16H14BrCl3O/c1-2-21-16-9-14(19)12(8-15(16)20)13(17)7-10-3-5-11(18)6-4-10/h3-6,8-9,13H,2,7H2,1H3. The third kappa shape index (κ3) is 4.53. The normalized spacial score (nSPS) is 12.2. The lowest BCUT2D eigenvalue weighted by Gasteiger charge is -2.15. The van der Waals surface area contributed by atoms with Gasteiger partial charge in [-0.2, -0.15) is 0 Å². The van der Waals surface area contributed by atoms with E-state index >= 15 is 0 Å². The summed E-state index contributed by atoms with van der Waals surface area (Å²) in [4.78, 5) is 0.0688. The van der Waals surface area contributed by atoms with Gasteiger partial charge in [0.1, 0.15) is 5.75 Å². The van der Waals surface area contributed by atoms with Crippen LogP contribution in [0.2, 0.25) is 15.1 Å². The van der Waals surface area contributed by atoms with Gasteiger partial charge in [-0.1, -0.05) is 62.9 Å². The summed E-state index contributed by atoms with van der Waals surface area (Å²) < 4.78 is 5.44. The molecule has 0 aliphatic carbocycles. The molecule has 1 atom stereocenters. The summed E-state index contributed by atoms with van der Waals surface area (Å²) in [6.45, 7) is 2.46. The zero-order chi connectivity index (χ0) is 15.4. The van der Waals surface area contributed by atoms with Crippen LogP contribution in [-0.4, -0.2) is 6.61 Å². The minimum Gasteiger partial charge on any atom is -0.492 e.